The van der Waals surface area contributed by atoms with Crippen LogP contribution < -0.4 is 16.4 Å². The number of aliphatic hydroxyl groups is 1. The number of nitrogens with two attached hydrogens (primary N) is 1. The molecule has 0 saturated heterocycles. The first-order valence-corrected chi connectivity index (χ1v) is 8.54. The third-order valence-corrected chi connectivity index (χ3v) is 4.23. The smallest absolute Gasteiger partial charge is 0.326 e. The highest BCUT2D eigenvalue weighted by molar-refractivity contribution is 5.92. The molecular weight excluding hydrogens is 338 g/mol. The van der Waals surface area contributed by atoms with E-state index in [9.17, 15) is 19.5 Å². The van der Waals surface area contributed by atoms with Crippen molar-refractivity contribution in [3.05, 3.63) is 35.9 Å². The molecule has 0 fully saturated rings. The molecule has 6 N–H and O–H groups in total. The first-order valence-electron chi connectivity index (χ1n) is 8.54. The zero-order valence-corrected chi connectivity index (χ0v) is 15.0. The zero-order chi connectivity index (χ0) is 19.7. The first kappa shape index (κ1) is 21.6. The fraction of sp³-hybridized carbons (Fsp3) is 0.500. The van der Waals surface area contributed by atoms with E-state index in [1.165, 1.54) is 0 Å². The summed E-state index contributed by atoms with van der Waals surface area (Å²) < 4.78 is 0. The molecule has 0 saturated carbocycles. The summed E-state index contributed by atoms with van der Waals surface area (Å²) in [5.41, 5.74) is 6.28. The Morgan fingerprint density at radius 3 is 2.23 bits per heavy atom. The molecule has 0 aromatic heterocycles. The van der Waals surface area contributed by atoms with Gasteiger partial charge in [-0.2, -0.15) is 0 Å². The van der Waals surface area contributed by atoms with Crippen LogP contribution >= 0.6 is 0 Å². The summed E-state index contributed by atoms with van der Waals surface area (Å²) in [5, 5.41) is 23.3. The number of carboxylic acid groups (broad SMARTS) is 1. The number of rotatable bonds is 10. The summed E-state index contributed by atoms with van der Waals surface area (Å²) in [7, 11) is 0. The van der Waals surface area contributed by atoms with Crippen LogP contribution in [0.25, 0.3) is 0 Å². The van der Waals surface area contributed by atoms with Gasteiger partial charge in [-0.3, -0.25) is 9.59 Å². The minimum absolute atomic E-state index is 0.170. The Morgan fingerprint density at radius 2 is 1.73 bits per heavy atom. The van der Waals surface area contributed by atoms with Crippen LogP contribution in [0.2, 0.25) is 0 Å². The summed E-state index contributed by atoms with van der Waals surface area (Å²) in [6.45, 7) is 3.00. The number of aliphatic carboxylic acids is 1. The lowest BCUT2D eigenvalue weighted by molar-refractivity contribution is -0.143. The molecule has 1 aromatic carbocycles. The maximum Gasteiger partial charge on any atom is 0.326 e. The number of hydrogen-bond donors (Lipinski definition) is 5. The fourth-order valence-corrected chi connectivity index (χ4v) is 2.36. The maximum atomic E-state index is 12.6. The molecule has 8 nitrogen and oxygen atoms in total. The van der Waals surface area contributed by atoms with Crippen LogP contribution in [0.5, 0.6) is 0 Å². The fourth-order valence-electron chi connectivity index (χ4n) is 2.36. The van der Waals surface area contributed by atoms with Gasteiger partial charge in [0.05, 0.1) is 6.61 Å². The van der Waals surface area contributed by atoms with E-state index in [2.05, 4.69) is 10.6 Å². The number of benzene rings is 1. The van der Waals surface area contributed by atoms with E-state index < -0.39 is 42.5 Å². The molecule has 144 valence electrons. The normalized spacial score (nSPS) is 15.4. The summed E-state index contributed by atoms with van der Waals surface area (Å²) in [5.74, 6) is -2.70. The molecule has 0 aliphatic heterocycles. The lowest BCUT2D eigenvalue weighted by Crippen LogP contribution is -2.56. The summed E-state index contributed by atoms with van der Waals surface area (Å²) in [4.78, 5) is 36.1. The third-order valence-electron chi connectivity index (χ3n) is 4.23. The van der Waals surface area contributed by atoms with Crippen molar-refractivity contribution in [1.29, 1.82) is 0 Å². The second kappa shape index (κ2) is 10.5. The SMILES string of the molecule is CCC(C)C(NC(=O)C(Cc1ccccc1)NC(=O)C(N)CO)C(=O)O. The predicted molar refractivity (Wildman–Crippen MR) is 96.2 cm³/mol. The highest BCUT2D eigenvalue weighted by Gasteiger charge is 2.30. The summed E-state index contributed by atoms with van der Waals surface area (Å²) in [6, 6.07) is 5.77. The Labute approximate surface area is 152 Å². The quantitative estimate of drug-likeness (QED) is 0.384. The minimum Gasteiger partial charge on any atom is -0.480 e. The van der Waals surface area contributed by atoms with Gasteiger partial charge in [0.1, 0.15) is 18.1 Å². The van der Waals surface area contributed by atoms with E-state index >= 15 is 0 Å². The molecule has 0 bridgehead atoms. The topological polar surface area (TPSA) is 142 Å². The molecule has 0 spiro atoms. The molecule has 4 atom stereocenters. The van der Waals surface area contributed by atoms with Crippen LogP contribution in [0.4, 0.5) is 0 Å². The molecule has 2 amide bonds. The number of aliphatic hydroxyl groups excluding tert-OH is 1. The van der Waals surface area contributed by atoms with Gasteiger partial charge in [0.25, 0.3) is 0 Å². The molecule has 26 heavy (non-hydrogen) atoms. The average Bonchev–Trinajstić information content (AvgIpc) is 2.64. The van der Waals surface area contributed by atoms with E-state index in [-0.39, 0.29) is 12.3 Å². The Bertz CT molecular complexity index is 608. The van der Waals surface area contributed by atoms with Gasteiger partial charge in [0, 0.05) is 6.42 Å². The maximum absolute atomic E-state index is 12.6. The van der Waals surface area contributed by atoms with Gasteiger partial charge >= 0.3 is 5.97 Å². The van der Waals surface area contributed by atoms with E-state index in [4.69, 9.17) is 10.8 Å². The lowest BCUT2D eigenvalue weighted by atomic mass is 9.98. The minimum atomic E-state index is -1.16. The largest absolute Gasteiger partial charge is 0.480 e. The van der Waals surface area contributed by atoms with Gasteiger partial charge in [-0.1, -0.05) is 50.6 Å². The standard InChI is InChI=1S/C18H27N3O5/c1-3-11(2)15(18(25)26)21-17(24)14(20-16(23)13(19)10-22)9-12-7-5-4-6-8-12/h4-8,11,13-15,22H,3,9-10,19H2,1-2H3,(H,20,23)(H,21,24)(H,25,26). The van der Waals surface area contributed by atoms with Gasteiger partial charge < -0.3 is 26.6 Å². The molecule has 4 unspecified atom stereocenters. The van der Waals surface area contributed by atoms with Gasteiger partial charge in [-0.25, -0.2) is 4.79 Å². The Kier molecular flexibility index (Phi) is 8.74. The van der Waals surface area contributed by atoms with Gasteiger partial charge in [-0.15, -0.1) is 0 Å². The van der Waals surface area contributed by atoms with Gasteiger partial charge in [0.2, 0.25) is 11.8 Å². The van der Waals surface area contributed by atoms with E-state index in [0.717, 1.165) is 5.56 Å². The molecule has 1 rings (SSSR count). The summed E-state index contributed by atoms with van der Waals surface area (Å²) in [6.07, 6.45) is 0.742. The number of carboxylic acids is 1. The highest BCUT2D eigenvalue weighted by Crippen LogP contribution is 2.10. The number of carbonyl (C=O) groups excluding carboxylic acids is 2. The number of hydrogen-bond acceptors (Lipinski definition) is 5. The lowest BCUT2D eigenvalue weighted by Gasteiger charge is -2.25. The number of nitrogens with one attached hydrogen (secondary N) is 2. The average molecular weight is 365 g/mol. The number of carbonyl (C=O) groups is 3. The second-order valence-corrected chi connectivity index (χ2v) is 6.25. The van der Waals surface area contributed by atoms with Crippen LogP contribution in [0.15, 0.2) is 30.3 Å². The van der Waals surface area contributed by atoms with Gasteiger partial charge in [-0.05, 0) is 11.5 Å². The zero-order valence-electron chi connectivity index (χ0n) is 15.0. The molecule has 0 aliphatic carbocycles. The Hall–Kier alpha value is -2.45. The highest BCUT2D eigenvalue weighted by atomic mass is 16.4. The third kappa shape index (κ3) is 6.45. The predicted octanol–water partition coefficient (Wildman–Crippen LogP) is -0.351. The van der Waals surface area contributed by atoms with Crippen molar-refractivity contribution in [3.8, 4) is 0 Å². The van der Waals surface area contributed by atoms with Crippen LogP contribution in [0.1, 0.15) is 25.8 Å². The molecule has 1 aromatic rings. The van der Waals surface area contributed by atoms with Crippen LogP contribution in [0, 0.1) is 5.92 Å². The molecule has 0 radical (unpaired) electrons. The van der Waals surface area contributed by atoms with E-state index in [1.54, 1.807) is 31.2 Å². The molecular formula is C18H27N3O5. The van der Waals surface area contributed by atoms with Crippen molar-refractivity contribution in [1.82, 2.24) is 10.6 Å². The second-order valence-electron chi connectivity index (χ2n) is 6.25. The molecule has 0 aliphatic rings. The van der Waals surface area contributed by atoms with Crippen LogP contribution in [0.3, 0.4) is 0 Å². The van der Waals surface area contributed by atoms with Crippen molar-refractivity contribution in [3.63, 3.8) is 0 Å². The van der Waals surface area contributed by atoms with Gasteiger partial charge in [0.15, 0.2) is 0 Å². The monoisotopic (exact) mass is 365 g/mol. The molecule has 0 heterocycles. The van der Waals surface area contributed by atoms with E-state index in [0.29, 0.717) is 6.42 Å². The Morgan fingerprint density at radius 1 is 1.12 bits per heavy atom. The van der Waals surface area contributed by atoms with Crippen molar-refractivity contribution >= 4 is 17.8 Å². The van der Waals surface area contributed by atoms with Crippen molar-refractivity contribution in [2.24, 2.45) is 11.7 Å². The van der Waals surface area contributed by atoms with Crippen molar-refractivity contribution in [2.45, 2.75) is 44.8 Å². The number of amides is 2. The van der Waals surface area contributed by atoms with Crippen LogP contribution in [-0.4, -0.2) is 52.7 Å². The molecule has 8 heteroatoms. The Balaban J connectivity index is 2.96. The van der Waals surface area contributed by atoms with Crippen LogP contribution in [-0.2, 0) is 20.8 Å². The summed E-state index contributed by atoms with van der Waals surface area (Å²) >= 11 is 0. The van der Waals surface area contributed by atoms with Crippen molar-refractivity contribution in [2.75, 3.05) is 6.61 Å². The van der Waals surface area contributed by atoms with Crippen molar-refractivity contribution < 1.29 is 24.6 Å². The van der Waals surface area contributed by atoms with E-state index in [1.807, 2.05) is 13.0 Å². The first-order chi connectivity index (χ1) is 12.3.